The molecule has 0 aliphatic heterocycles. The van der Waals surface area contributed by atoms with Crippen molar-refractivity contribution in [1.29, 1.82) is 0 Å². The van der Waals surface area contributed by atoms with Gasteiger partial charge in [0.05, 0.1) is 23.1 Å². The molecule has 0 aliphatic rings. The number of nitrogens with one attached hydrogen (secondary N) is 1. The Morgan fingerprint density at radius 2 is 2.08 bits per heavy atom. The number of nitro groups is 1. The number of phenols is 1. The van der Waals surface area contributed by atoms with Crippen LogP contribution in [0.25, 0.3) is 0 Å². The van der Waals surface area contributed by atoms with Gasteiger partial charge in [-0.1, -0.05) is 6.92 Å². The first kappa shape index (κ1) is 19.2. The van der Waals surface area contributed by atoms with Crippen molar-refractivity contribution in [3.8, 4) is 5.75 Å². The molecular formula is C15H15F3N4O4. The molecule has 2 N–H and O–H groups in total. The van der Waals surface area contributed by atoms with Crippen LogP contribution in [0.2, 0.25) is 0 Å². The highest BCUT2D eigenvalue weighted by Crippen LogP contribution is 2.30. The Morgan fingerprint density at radius 1 is 1.42 bits per heavy atom. The summed E-state index contributed by atoms with van der Waals surface area (Å²) in [6, 6.07) is 3.99. The van der Waals surface area contributed by atoms with Gasteiger partial charge in [-0.2, -0.15) is 18.3 Å². The second-order valence-electron chi connectivity index (χ2n) is 5.70. The van der Waals surface area contributed by atoms with E-state index < -0.39 is 28.6 Å². The number of aromatic hydroxyl groups is 1. The number of carbonyl (C=O) groups is 1. The Balaban J connectivity index is 2.13. The van der Waals surface area contributed by atoms with Gasteiger partial charge in [0.2, 0.25) is 5.91 Å². The maximum atomic E-state index is 12.7. The van der Waals surface area contributed by atoms with Crippen molar-refractivity contribution in [2.75, 3.05) is 5.32 Å². The lowest BCUT2D eigenvalue weighted by Crippen LogP contribution is -2.25. The highest BCUT2D eigenvalue weighted by atomic mass is 19.4. The summed E-state index contributed by atoms with van der Waals surface area (Å²) >= 11 is 0. The molecule has 0 saturated heterocycles. The molecule has 8 nitrogen and oxygen atoms in total. The second-order valence-corrected chi connectivity index (χ2v) is 5.70. The van der Waals surface area contributed by atoms with E-state index in [9.17, 15) is 33.2 Å². The first-order chi connectivity index (χ1) is 12.0. The monoisotopic (exact) mass is 372 g/mol. The molecule has 140 valence electrons. The average Bonchev–Trinajstić information content (AvgIpc) is 2.90. The summed E-state index contributed by atoms with van der Waals surface area (Å²) in [7, 11) is 0. The van der Waals surface area contributed by atoms with E-state index in [1.54, 1.807) is 0 Å². The maximum Gasteiger partial charge on any atom is 0.435 e. The van der Waals surface area contributed by atoms with Crippen LogP contribution in [0.3, 0.4) is 0 Å². The third-order valence-electron chi connectivity index (χ3n) is 3.61. The first-order valence-corrected chi connectivity index (χ1v) is 7.39. The van der Waals surface area contributed by atoms with Crippen molar-refractivity contribution in [2.24, 2.45) is 5.92 Å². The summed E-state index contributed by atoms with van der Waals surface area (Å²) in [5.41, 5.74) is -1.32. The molecule has 0 aliphatic carbocycles. The van der Waals surface area contributed by atoms with Crippen LogP contribution in [-0.4, -0.2) is 25.7 Å². The third-order valence-corrected chi connectivity index (χ3v) is 3.61. The summed E-state index contributed by atoms with van der Waals surface area (Å²) < 4.78 is 39.1. The molecule has 0 saturated carbocycles. The lowest BCUT2D eigenvalue weighted by Gasteiger charge is -2.14. The van der Waals surface area contributed by atoms with Crippen molar-refractivity contribution >= 4 is 17.3 Å². The van der Waals surface area contributed by atoms with E-state index in [2.05, 4.69) is 10.4 Å². The zero-order valence-corrected chi connectivity index (χ0v) is 13.7. The summed E-state index contributed by atoms with van der Waals surface area (Å²) in [5.74, 6) is -1.82. The van der Waals surface area contributed by atoms with E-state index in [0.29, 0.717) is 0 Å². The predicted octanol–water partition coefficient (Wildman–Crippen LogP) is 3.10. The minimum Gasteiger partial charge on any atom is -0.506 e. The van der Waals surface area contributed by atoms with Crippen LogP contribution in [-0.2, 0) is 17.5 Å². The van der Waals surface area contributed by atoms with Crippen LogP contribution < -0.4 is 5.32 Å². The van der Waals surface area contributed by atoms with Crippen molar-refractivity contribution in [3.05, 3.63) is 45.8 Å². The second kappa shape index (κ2) is 7.02. The number of non-ortho nitro benzene ring substituents is 1. The predicted molar refractivity (Wildman–Crippen MR) is 84.5 cm³/mol. The molecule has 0 spiro atoms. The summed E-state index contributed by atoms with van der Waals surface area (Å²) in [4.78, 5) is 22.3. The maximum absolute atomic E-state index is 12.7. The van der Waals surface area contributed by atoms with Gasteiger partial charge < -0.3 is 10.4 Å². The Kier molecular flexibility index (Phi) is 5.19. The molecule has 0 fully saturated rings. The van der Waals surface area contributed by atoms with Crippen LogP contribution in [0.15, 0.2) is 24.3 Å². The smallest absolute Gasteiger partial charge is 0.435 e. The van der Waals surface area contributed by atoms with Gasteiger partial charge in [-0.3, -0.25) is 19.6 Å². The molecule has 2 aromatic rings. The van der Waals surface area contributed by atoms with Gasteiger partial charge >= 0.3 is 6.18 Å². The van der Waals surface area contributed by atoms with Gasteiger partial charge in [0, 0.05) is 17.8 Å². The zero-order valence-electron chi connectivity index (χ0n) is 13.7. The number of halogens is 3. The van der Waals surface area contributed by atoms with Gasteiger partial charge in [-0.15, -0.1) is 0 Å². The quantitative estimate of drug-likeness (QED) is 0.476. The number of nitrogens with zero attached hydrogens (tertiary/aromatic N) is 3. The molecule has 26 heavy (non-hydrogen) atoms. The summed E-state index contributed by atoms with van der Waals surface area (Å²) in [6.07, 6.45) is -4.59. The number of alkyl halides is 3. The lowest BCUT2D eigenvalue weighted by atomic mass is 10.1. The number of carbonyl (C=O) groups excluding carboxylic acids is 1. The summed E-state index contributed by atoms with van der Waals surface area (Å²) in [6.45, 7) is 2.75. The van der Waals surface area contributed by atoms with Crippen LogP contribution in [0.4, 0.5) is 24.5 Å². The number of anilines is 1. The van der Waals surface area contributed by atoms with Gasteiger partial charge in [0.25, 0.3) is 5.69 Å². The molecule has 1 unspecified atom stereocenters. The number of hydrogen-bond donors (Lipinski definition) is 2. The molecule has 1 atom stereocenters. The molecule has 1 aromatic carbocycles. The molecule has 1 heterocycles. The van der Waals surface area contributed by atoms with Crippen molar-refractivity contribution in [3.63, 3.8) is 0 Å². The topological polar surface area (TPSA) is 110 Å². The van der Waals surface area contributed by atoms with Gasteiger partial charge in [-0.25, -0.2) is 0 Å². The van der Waals surface area contributed by atoms with Crippen LogP contribution in [0, 0.1) is 23.0 Å². The first-order valence-electron chi connectivity index (χ1n) is 7.39. The fraction of sp³-hybridized carbons (Fsp3) is 0.333. The number of aryl methyl sites for hydroxylation is 1. The van der Waals surface area contributed by atoms with Gasteiger partial charge in [0.1, 0.15) is 5.75 Å². The molecule has 1 aromatic heterocycles. The van der Waals surface area contributed by atoms with Gasteiger partial charge in [0.15, 0.2) is 5.69 Å². The van der Waals surface area contributed by atoms with E-state index in [-0.39, 0.29) is 29.4 Å². The Labute approximate surface area is 145 Å². The van der Waals surface area contributed by atoms with E-state index in [4.69, 9.17) is 0 Å². The number of aromatic nitrogens is 2. The Hall–Kier alpha value is -3.11. The molecule has 0 radical (unpaired) electrons. The number of benzene rings is 1. The highest BCUT2D eigenvalue weighted by molar-refractivity contribution is 5.94. The standard InChI is InChI=1S/C15H15F3N4O4/c1-8(7-21-9(2)5-13(20-21)15(16,17)18)14(24)19-11-6-10(22(25)26)3-4-12(11)23/h3-6,8,23H,7H2,1-2H3,(H,19,24). The van der Waals surface area contributed by atoms with Crippen LogP contribution >= 0.6 is 0 Å². The number of hydrogen-bond acceptors (Lipinski definition) is 5. The van der Waals surface area contributed by atoms with Crippen LogP contribution in [0.5, 0.6) is 5.75 Å². The lowest BCUT2D eigenvalue weighted by molar-refractivity contribution is -0.384. The van der Waals surface area contributed by atoms with E-state index >= 15 is 0 Å². The highest BCUT2D eigenvalue weighted by Gasteiger charge is 2.34. The largest absolute Gasteiger partial charge is 0.506 e. The fourth-order valence-electron chi connectivity index (χ4n) is 2.17. The molecule has 11 heteroatoms. The number of phenolic OH excluding ortho intramolecular Hbond substituents is 1. The average molecular weight is 372 g/mol. The number of rotatable bonds is 5. The minimum absolute atomic E-state index is 0.135. The van der Waals surface area contributed by atoms with Crippen molar-refractivity contribution in [2.45, 2.75) is 26.6 Å². The van der Waals surface area contributed by atoms with Crippen molar-refractivity contribution in [1.82, 2.24) is 9.78 Å². The molecular weight excluding hydrogens is 357 g/mol. The number of amides is 1. The molecule has 1 amide bonds. The normalized spacial score (nSPS) is 12.7. The van der Waals surface area contributed by atoms with E-state index in [0.717, 1.165) is 28.9 Å². The Morgan fingerprint density at radius 3 is 2.62 bits per heavy atom. The Bertz CT molecular complexity index is 848. The van der Waals surface area contributed by atoms with Crippen LogP contribution in [0.1, 0.15) is 18.3 Å². The van der Waals surface area contributed by atoms with E-state index in [1.807, 2.05) is 0 Å². The SMILES string of the molecule is Cc1cc(C(F)(F)F)nn1CC(C)C(=O)Nc1cc([N+](=O)[O-])ccc1O. The zero-order chi connectivity index (χ0) is 19.6. The summed E-state index contributed by atoms with van der Waals surface area (Å²) in [5, 5.41) is 26.2. The molecule has 0 bridgehead atoms. The van der Waals surface area contributed by atoms with Crippen molar-refractivity contribution < 1.29 is 28.0 Å². The third kappa shape index (κ3) is 4.29. The fourth-order valence-corrected chi connectivity index (χ4v) is 2.17. The van der Waals surface area contributed by atoms with E-state index in [1.165, 1.54) is 13.8 Å². The minimum atomic E-state index is -4.59. The van der Waals surface area contributed by atoms with Gasteiger partial charge in [-0.05, 0) is 19.1 Å². The number of nitro benzene ring substituents is 1. The molecule has 2 rings (SSSR count).